The molecule has 0 saturated carbocycles. The highest BCUT2D eigenvalue weighted by Gasteiger charge is 2.22. The highest BCUT2D eigenvalue weighted by Crippen LogP contribution is 2.32. The fourth-order valence-electron chi connectivity index (χ4n) is 10.7. The number of allylic oxidation sites excluding steroid dienone is 1. The predicted molar refractivity (Wildman–Crippen MR) is 318 cm³/mol. The number of ketones is 1. The molecule has 1 amide bonds. The van der Waals surface area contributed by atoms with Gasteiger partial charge in [-0.2, -0.15) is 5.10 Å². The van der Waals surface area contributed by atoms with Gasteiger partial charge in [-0.3, -0.25) is 24.6 Å². The van der Waals surface area contributed by atoms with Crippen LogP contribution in [0.1, 0.15) is 163 Å². The van der Waals surface area contributed by atoms with E-state index in [1.165, 1.54) is 70.3 Å². The summed E-state index contributed by atoms with van der Waals surface area (Å²) < 4.78 is 0. The second kappa shape index (κ2) is 33.3. The Morgan fingerprint density at radius 2 is 1.68 bits per heavy atom. The molecule has 0 radical (unpaired) electrons. The fourth-order valence-corrected chi connectivity index (χ4v) is 10.7. The summed E-state index contributed by atoms with van der Waals surface area (Å²) in [7, 11) is 5.87. The third-order valence-corrected chi connectivity index (χ3v) is 14.8. The molecule has 1 saturated heterocycles. The van der Waals surface area contributed by atoms with E-state index in [1.54, 1.807) is 7.05 Å². The molecule has 10 heteroatoms. The number of aryl methyl sites for hydroxylation is 1. The van der Waals surface area contributed by atoms with Crippen LogP contribution in [-0.2, 0) is 22.4 Å². The third kappa shape index (κ3) is 20.1. The number of aromatic amines is 1. The van der Waals surface area contributed by atoms with Crippen molar-refractivity contribution in [1.82, 2.24) is 30.3 Å². The van der Waals surface area contributed by atoms with E-state index in [-0.39, 0.29) is 17.6 Å². The van der Waals surface area contributed by atoms with Crippen LogP contribution in [0.25, 0.3) is 28.1 Å². The molecule has 0 bridgehead atoms. The quantitative estimate of drug-likeness (QED) is 0.0289. The fraction of sp³-hybridized carbons (Fsp3) is 0.523. The summed E-state index contributed by atoms with van der Waals surface area (Å²) in [5, 5.41) is 10.9. The number of H-pyrrole nitrogens is 1. The molecule has 2 N–H and O–H groups in total. The molecule has 0 spiro atoms. The Kier molecular flexibility index (Phi) is 27.5. The molecule has 3 aromatic carbocycles. The summed E-state index contributed by atoms with van der Waals surface area (Å²) in [6.07, 6.45) is 22.0. The number of benzene rings is 3. The summed E-state index contributed by atoms with van der Waals surface area (Å²) in [6.45, 7) is 27.5. The van der Waals surface area contributed by atoms with E-state index in [4.69, 9.17) is 0 Å². The van der Waals surface area contributed by atoms with Crippen LogP contribution in [0.4, 0.5) is 5.69 Å². The first-order valence-electron chi connectivity index (χ1n) is 28.5. The topological polar surface area (TPSA) is 115 Å². The van der Waals surface area contributed by atoms with Crippen molar-refractivity contribution >= 4 is 40.6 Å². The predicted octanol–water partition coefficient (Wildman–Crippen LogP) is 14.1. The lowest BCUT2D eigenvalue weighted by molar-refractivity contribution is -0.124. The van der Waals surface area contributed by atoms with Crippen LogP contribution in [-0.4, -0.2) is 103 Å². The van der Waals surface area contributed by atoms with Gasteiger partial charge in [0.25, 0.3) is 0 Å². The number of amides is 1. The number of hydrogen-bond acceptors (Lipinski definition) is 8. The van der Waals surface area contributed by atoms with Crippen molar-refractivity contribution in [2.24, 2.45) is 17.8 Å². The van der Waals surface area contributed by atoms with Gasteiger partial charge in [0.05, 0.1) is 11.7 Å². The molecule has 3 heterocycles. The highest BCUT2D eigenvalue weighted by atomic mass is 16.2. The molecule has 3 atom stereocenters. The van der Waals surface area contributed by atoms with Crippen molar-refractivity contribution in [3.8, 4) is 11.1 Å². The van der Waals surface area contributed by atoms with Crippen LogP contribution in [0, 0.1) is 24.7 Å². The molecule has 5 aromatic rings. The second-order valence-electron chi connectivity index (χ2n) is 21.2. The largest absolute Gasteiger partial charge is 0.377 e. The third-order valence-electron chi connectivity index (χ3n) is 14.8. The first kappa shape index (κ1) is 61.8. The second-order valence-corrected chi connectivity index (χ2v) is 21.2. The van der Waals surface area contributed by atoms with Crippen LogP contribution >= 0.6 is 0 Å². The van der Waals surface area contributed by atoms with Gasteiger partial charge in [-0.25, -0.2) is 0 Å². The Balaban J connectivity index is 0.000000908. The van der Waals surface area contributed by atoms with Crippen molar-refractivity contribution in [1.29, 1.82) is 0 Å². The minimum absolute atomic E-state index is 0.00171. The Labute approximate surface area is 453 Å². The Morgan fingerprint density at radius 3 is 2.35 bits per heavy atom. The monoisotopic (exact) mass is 1020 g/mol. The van der Waals surface area contributed by atoms with E-state index in [0.717, 1.165) is 106 Å². The molecular weight excluding hydrogens is 927 g/mol. The van der Waals surface area contributed by atoms with Gasteiger partial charge in [-0.05, 0) is 168 Å². The number of nitrogens with zero attached hydrogens (tertiary/aromatic N) is 5. The lowest BCUT2D eigenvalue weighted by atomic mass is 9.88. The lowest BCUT2D eigenvalue weighted by Crippen LogP contribution is -2.34. The van der Waals surface area contributed by atoms with Crippen LogP contribution in [0.2, 0.25) is 0 Å². The number of carbonyl (C=O) groups excluding carboxylic acids is 3. The Bertz CT molecular complexity index is 2520. The molecule has 1 fully saturated rings. The maximum atomic E-state index is 13.4. The molecule has 10 nitrogen and oxygen atoms in total. The number of pyridine rings is 1. The van der Waals surface area contributed by atoms with E-state index in [2.05, 4.69) is 163 Å². The first-order valence-corrected chi connectivity index (χ1v) is 28.5. The molecule has 1 aliphatic heterocycles. The van der Waals surface area contributed by atoms with Gasteiger partial charge in [-0.1, -0.05) is 115 Å². The standard InChI is InChI=1S/C56H76N6O.C7H13NO2.C2H6/c1-9-13-44(17-16-41(4)34-45-18-19-48(14-10-2)55(36-45)60(7)8)40-61(30-11-3)31-12-15-56(63)49-22-20-46(21-23-49)47-27-32-62(33-28-47)39-42(5)35-53-43(6)57-29-26-52(53)50-24-25-54-51(37-50)38-58-59-54;1-6(4-3-5-9)7(10)8-2;1-2/h10,18-26,29,35-38,41,44,47H,2,9,11-17,27-28,30-34,39-40H2,1,3-8H3,(H,58,59);5-6H,3-4H2,1-2H3,(H,8,10);1-2H3/b42-35+;;. The van der Waals surface area contributed by atoms with E-state index in [0.29, 0.717) is 37.0 Å². The molecule has 75 heavy (non-hydrogen) atoms. The molecular formula is C65H95N7O3. The highest BCUT2D eigenvalue weighted by molar-refractivity contribution is 5.96. The van der Waals surface area contributed by atoms with Gasteiger partial charge in [0.2, 0.25) is 5.91 Å². The summed E-state index contributed by atoms with van der Waals surface area (Å²) >= 11 is 0. The van der Waals surface area contributed by atoms with Gasteiger partial charge in [0.1, 0.15) is 6.29 Å². The minimum atomic E-state index is -0.0461. The van der Waals surface area contributed by atoms with Crippen molar-refractivity contribution in [3.05, 3.63) is 131 Å². The molecule has 0 aliphatic carbocycles. The van der Waals surface area contributed by atoms with Gasteiger partial charge in [0, 0.05) is 87.1 Å². The van der Waals surface area contributed by atoms with Crippen molar-refractivity contribution in [2.75, 3.05) is 65.3 Å². The van der Waals surface area contributed by atoms with Gasteiger partial charge in [-0.15, -0.1) is 6.58 Å². The number of aldehydes is 1. The lowest BCUT2D eigenvalue weighted by Gasteiger charge is -2.32. The average Bonchev–Trinajstić information content (AvgIpc) is 3.90. The zero-order valence-corrected chi connectivity index (χ0v) is 48.1. The van der Waals surface area contributed by atoms with Crippen molar-refractivity contribution < 1.29 is 14.4 Å². The maximum absolute atomic E-state index is 13.4. The van der Waals surface area contributed by atoms with Crippen LogP contribution < -0.4 is 10.2 Å². The number of aromatic nitrogens is 3. The zero-order valence-electron chi connectivity index (χ0n) is 48.1. The van der Waals surface area contributed by atoms with Gasteiger partial charge in [0.15, 0.2) is 5.78 Å². The van der Waals surface area contributed by atoms with Crippen LogP contribution in [0.3, 0.4) is 0 Å². The smallest absolute Gasteiger partial charge is 0.222 e. The summed E-state index contributed by atoms with van der Waals surface area (Å²) in [5.41, 5.74) is 13.3. The molecule has 6 rings (SSSR count). The summed E-state index contributed by atoms with van der Waals surface area (Å²) in [5.74, 6) is 2.11. The number of anilines is 1. The number of fused-ring (bicyclic) bond motifs is 1. The number of likely N-dealkylation sites (tertiary alicyclic amines) is 1. The average molecular weight is 1020 g/mol. The number of piperidine rings is 1. The Hall–Kier alpha value is -5.71. The summed E-state index contributed by atoms with van der Waals surface area (Å²) in [4.78, 5) is 46.2. The minimum Gasteiger partial charge on any atom is -0.377 e. The van der Waals surface area contributed by atoms with Crippen molar-refractivity contribution in [2.45, 2.75) is 145 Å². The zero-order chi connectivity index (χ0) is 54.7. The maximum Gasteiger partial charge on any atom is 0.222 e. The number of hydrogen-bond donors (Lipinski definition) is 2. The van der Waals surface area contributed by atoms with Gasteiger partial charge >= 0.3 is 0 Å². The molecule has 408 valence electrons. The molecule has 1 aliphatic rings. The van der Waals surface area contributed by atoms with E-state index in [9.17, 15) is 14.4 Å². The first-order chi connectivity index (χ1) is 36.3. The SMILES string of the molecule is C=CCc1ccc(CC(C)CCC(CCC)CN(CCC)CCCC(=O)c2ccc(C3CCN(C/C(C)=C/c4c(-c5ccc6[nH]ncc6c5)ccnc4C)CC3)cc2)cc1N(C)C.CC.CNC(=O)C(C)CCC=O. The van der Waals surface area contributed by atoms with E-state index in [1.807, 2.05) is 39.2 Å². The van der Waals surface area contributed by atoms with Gasteiger partial charge < -0.3 is 19.9 Å². The van der Waals surface area contributed by atoms with Crippen LogP contribution in [0.5, 0.6) is 0 Å². The summed E-state index contributed by atoms with van der Waals surface area (Å²) in [6, 6.07) is 24.2. The number of Topliss-reactive ketones (excluding diaryl/α,β-unsaturated/α-hetero) is 1. The normalized spacial score (nSPS) is 14.3. The number of carbonyl (C=O) groups is 3. The van der Waals surface area contributed by atoms with E-state index >= 15 is 0 Å². The van der Waals surface area contributed by atoms with Crippen LogP contribution in [0.15, 0.2) is 97.4 Å². The number of nitrogens with one attached hydrogen (secondary N) is 2. The Morgan fingerprint density at radius 1 is 0.933 bits per heavy atom. The molecule has 2 aromatic heterocycles. The number of rotatable bonds is 28. The van der Waals surface area contributed by atoms with Crippen molar-refractivity contribution in [3.63, 3.8) is 0 Å². The van der Waals surface area contributed by atoms with E-state index < -0.39 is 0 Å². The molecule has 3 unspecified atom stereocenters.